The number of benzene rings is 1. The molecule has 0 radical (unpaired) electrons. The Bertz CT molecular complexity index is 444. The quantitative estimate of drug-likeness (QED) is 0.850. The van der Waals surface area contributed by atoms with Gasteiger partial charge in [-0.05, 0) is 37.0 Å². The molecule has 1 atom stereocenters. The van der Waals surface area contributed by atoms with Crippen LogP contribution in [0.25, 0.3) is 0 Å². The van der Waals surface area contributed by atoms with Gasteiger partial charge in [0, 0.05) is 13.2 Å². The molecule has 0 saturated heterocycles. The number of methoxy groups -OCH3 is 1. The van der Waals surface area contributed by atoms with Crippen molar-refractivity contribution < 1.29 is 9.13 Å². The summed E-state index contributed by atoms with van der Waals surface area (Å²) in [6.45, 7) is 0. The van der Waals surface area contributed by atoms with Crippen LogP contribution in [0.4, 0.5) is 4.39 Å². The highest BCUT2D eigenvalue weighted by Gasteiger charge is 2.37. The van der Waals surface area contributed by atoms with Gasteiger partial charge in [-0.3, -0.25) is 0 Å². The number of hydrogen-bond donors (Lipinski definition) is 1. The Morgan fingerprint density at radius 2 is 1.95 bits per heavy atom. The van der Waals surface area contributed by atoms with Gasteiger partial charge in [-0.15, -0.1) is 0 Å². The molecule has 0 bridgehead atoms. The Labute approximate surface area is 125 Å². The lowest BCUT2D eigenvalue weighted by Gasteiger charge is -2.37. The summed E-state index contributed by atoms with van der Waals surface area (Å²) >= 11 is 5.71. The van der Waals surface area contributed by atoms with E-state index in [0.717, 1.165) is 31.2 Å². The van der Waals surface area contributed by atoms with E-state index in [9.17, 15) is 4.39 Å². The predicted octanol–water partition coefficient (Wildman–Crippen LogP) is 4.09. The Hall–Kier alpha value is -0.640. The highest BCUT2D eigenvalue weighted by atomic mass is 35.5. The molecule has 2 N–H and O–H groups in total. The molecular formula is C16H23ClFNO. The number of ether oxygens (including phenoxy) is 1. The van der Waals surface area contributed by atoms with Gasteiger partial charge in [-0.1, -0.05) is 43.4 Å². The fourth-order valence-electron chi connectivity index (χ4n) is 3.16. The molecule has 112 valence electrons. The number of rotatable bonds is 4. The summed E-state index contributed by atoms with van der Waals surface area (Å²) < 4.78 is 19.3. The molecule has 0 heterocycles. The zero-order valence-electron chi connectivity index (χ0n) is 12.0. The second-order valence-corrected chi connectivity index (χ2v) is 6.15. The van der Waals surface area contributed by atoms with Crippen LogP contribution in [0.3, 0.4) is 0 Å². The molecule has 0 spiro atoms. The third-order valence-corrected chi connectivity index (χ3v) is 4.78. The first-order valence-corrected chi connectivity index (χ1v) is 7.70. The maximum absolute atomic E-state index is 13.5. The molecule has 0 amide bonds. The maximum Gasteiger partial charge on any atom is 0.142 e. The van der Waals surface area contributed by atoms with Gasteiger partial charge in [-0.2, -0.15) is 0 Å². The summed E-state index contributed by atoms with van der Waals surface area (Å²) in [6, 6.07) is 4.78. The standard InChI is InChI=1S/C16H23ClFNO/c1-20-16(8-4-2-3-5-9-16)15(19)11-12-6-7-13(17)14(18)10-12/h6-7,10,15H,2-5,8-9,11,19H2,1H3. The number of halogens is 2. The Balaban J connectivity index is 2.11. The van der Waals surface area contributed by atoms with Crippen molar-refractivity contribution in [3.05, 3.63) is 34.6 Å². The maximum atomic E-state index is 13.5. The van der Waals surface area contributed by atoms with E-state index in [2.05, 4.69) is 0 Å². The van der Waals surface area contributed by atoms with Crippen molar-refractivity contribution in [2.24, 2.45) is 5.73 Å². The van der Waals surface area contributed by atoms with Crippen LogP contribution in [0, 0.1) is 5.82 Å². The van der Waals surface area contributed by atoms with Crippen molar-refractivity contribution >= 4 is 11.6 Å². The first-order valence-electron chi connectivity index (χ1n) is 7.32. The third kappa shape index (κ3) is 3.51. The Morgan fingerprint density at radius 3 is 2.50 bits per heavy atom. The predicted molar refractivity (Wildman–Crippen MR) is 80.5 cm³/mol. The molecule has 1 aliphatic rings. The number of nitrogens with two attached hydrogens (primary N) is 1. The van der Waals surface area contributed by atoms with Crippen molar-refractivity contribution in [1.29, 1.82) is 0 Å². The average Bonchev–Trinajstić information content (AvgIpc) is 2.69. The molecule has 1 aromatic rings. The van der Waals surface area contributed by atoms with Crippen LogP contribution in [0.5, 0.6) is 0 Å². The molecular weight excluding hydrogens is 277 g/mol. The Kier molecular flexibility index (Phi) is 5.42. The molecule has 0 aliphatic heterocycles. The SMILES string of the molecule is COC1(C(N)Cc2ccc(Cl)c(F)c2)CCCCCC1. The van der Waals surface area contributed by atoms with Gasteiger partial charge < -0.3 is 10.5 Å². The minimum absolute atomic E-state index is 0.119. The minimum Gasteiger partial charge on any atom is -0.377 e. The van der Waals surface area contributed by atoms with Crippen molar-refractivity contribution in [3.63, 3.8) is 0 Å². The van der Waals surface area contributed by atoms with Gasteiger partial charge in [0.15, 0.2) is 0 Å². The zero-order valence-corrected chi connectivity index (χ0v) is 12.8. The summed E-state index contributed by atoms with van der Waals surface area (Å²) in [5.41, 5.74) is 7.01. The molecule has 1 fully saturated rings. The van der Waals surface area contributed by atoms with Crippen LogP contribution in [0.1, 0.15) is 44.1 Å². The van der Waals surface area contributed by atoms with Gasteiger partial charge in [0.2, 0.25) is 0 Å². The summed E-state index contributed by atoms with van der Waals surface area (Å²) in [5.74, 6) is -0.385. The van der Waals surface area contributed by atoms with E-state index in [0.29, 0.717) is 6.42 Å². The van der Waals surface area contributed by atoms with Crippen molar-refractivity contribution in [2.75, 3.05) is 7.11 Å². The molecule has 0 aromatic heterocycles. The van der Waals surface area contributed by atoms with Gasteiger partial charge in [-0.25, -0.2) is 4.39 Å². The fourth-order valence-corrected chi connectivity index (χ4v) is 3.28. The van der Waals surface area contributed by atoms with Crippen LogP contribution < -0.4 is 5.73 Å². The van der Waals surface area contributed by atoms with E-state index in [1.807, 2.05) is 6.07 Å². The summed E-state index contributed by atoms with van der Waals surface area (Å²) in [5, 5.41) is 0.151. The molecule has 4 heteroatoms. The second kappa shape index (κ2) is 6.88. The van der Waals surface area contributed by atoms with E-state index < -0.39 is 0 Å². The fraction of sp³-hybridized carbons (Fsp3) is 0.625. The smallest absolute Gasteiger partial charge is 0.142 e. The van der Waals surface area contributed by atoms with Crippen molar-refractivity contribution in [2.45, 2.75) is 56.6 Å². The third-order valence-electron chi connectivity index (χ3n) is 4.47. The molecule has 2 nitrogen and oxygen atoms in total. The largest absolute Gasteiger partial charge is 0.377 e. The molecule has 2 rings (SSSR count). The Morgan fingerprint density at radius 1 is 1.30 bits per heavy atom. The van der Waals surface area contributed by atoms with Gasteiger partial charge in [0.05, 0.1) is 10.6 Å². The second-order valence-electron chi connectivity index (χ2n) is 5.74. The van der Waals surface area contributed by atoms with E-state index in [1.165, 1.54) is 18.9 Å². The van der Waals surface area contributed by atoms with E-state index in [1.54, 1.807) is 13.2 Å². The monoisotopic (exact) mass is 299 g/mol. The molecule has 1 saturated carbocycles. The highest BCUT2D eigenvalue weighted by Crippen LogP contribution is 2.33. The summed E-state index contributed by atoms with van der Waals surface area (Å²) in [6.07, 6.45) is 7.37. The average molecular weight is 300 g/mol. The van der Waals surface area contributed by atoms with Crippen LogP contribution in [0.2, 0.25) is 5.02 Å². The lowest BCUT2D eigenvalue weighted by Crippen LogP contribution is -2.50. The molecule has 1 unspecified atom stereocenters. The summed E-state index contributed by atoms with van der Waals surface area (Å²) in [7, 11) is 1.74. The topological polar surface area (TPSA) is 35.2 Å². The van der Waals surface area contributed by atoms with Crippen LogP contribution in [0.15, 0.2) is 18.2 Å². The summed E-state index contributed by atoms with van der Waals surface area (Å²) in [4.78, 5) is 0. The first-order chi connectivity index (χ1) is 9.57. The van der Waals surface area contributed by atoms with Crippen molar-refractivity contribution in [3.8, 4) is 0 Å². The first kappa shape index (κ1) is 15.7. The van der Waals surface area contributed by atoms with Crippen LogP contribution >= 0.6 is 11.6 Å². The zero-order chi connectivity index (χ0) is 14.6. The number of hydrogen-bond acceptors (Lipinski definition) is 2. The highest BCUT2D eigenvalue weighted by molar-refractivity contribution is 6.30. The van der Waals surface area contributed by atoms with E-state index in [-0.39, 0.29) is 22.5 Å². The van der Waals surface area contributed by atoms with Gasteiger partial charge >= 0.3 is 0 Å². The molecule has 20 heavy (non-hydrogen) atoms. The molecule has 1 aromatic carbocycles. The van der Waals surface area contributed by atoms with Crippen LogP contribution in [-0.4, -0.2) is 18.8 Å². The van der Waals surface area contributed by atoms with E-state index in [4.69, 9.17) is 22.1 Å². The molecule has 1 aliphatic carbocycles. The van der Waals surface area contributed by atoms with Gasteiger partial charge in [0.1, 0.15) is 5.82 Å². The van der Waals surface area contributed by atoms with E-state index >= 15 is 0 Å². The van der Waals surface area contributed by atoms with Crippen molar-refractivity contribution in [1.82, 2.24) is 0 Å². The normalized spacial score (nSPS) is 20.4. The van der Waals surface area contributed by atoms with Gasteiger partial charge in [0.25, 0.3) is 0 Å². The van der Waals surface area contributed by atoms with Crippen LogP contribution in [-0.2, 0) is 11.2 Å². The lowest BCUT2D eigenvalue weighted by molar-refractivity contribution is -0.0430. The lowest BCUT2D eigenvalue weighted by atomic mass is 9.83. The minimum atomic E-state index is -0.385.